The molecule has 7 heteroatoms. The van der Waals surface area contributed by atoms with E-state index >= 15 is 0 Å². The van der Waals surface area contributed by atoms with E-state index in [4.69, 9.17) is 16.0 Å². The maximum atomic E-state index is 13.9. The first-order valence-corrected chi connectivity index (χ1v) is 9.87. The van der Waals surface area contributed by atoms with Crippen LogP contribution in [0.1, 0.15) is 17.0 Å². The van der Waals surface area contributed by atoms with Crippen LogP contribution in [0, 0.1) is 12.7 Å². The molecule has 0 saturated carbocycles. The summed E-state index contributed by atoms with van der Waals surface area (Å²) in [5.41, 5.74) is 1.91. The van der Waals surface area contributed by atoms with E-state index in [0.29, 0.717) is 34.3 Å². The number of hydrogen-bond donors (Lipinski definition) is 1. The van der Waals surface area contributed by atoms with Gasteiger partial charge < -0.3 is 9.73 Å². The first kappa shape index (κ1) is 19.5. The molecule has 3 aromatic rings. The van der Waals surface area contributed by atoms with Crippen molar-refractivity contribution in [2.45, 2.75) is 19.2 Å². The fraction of sp³-hybridized carbons (Fsp3) is 0.200. The van der Waals surface area contributed by atoms with Crippen LogP contribution in [0.25, 0.3) is 11.5 Å². The van der Waals surface area contributed by atoms with Gasteiger partial charge in [0.2, 0.25) is 11.8 Å². The van der Waals surface area contributed by atoms with E-state index in [9.17, 15) is 9.18 Å². The number of amides is 1. The molecule has 0 atom stereocenters. The second-order valence-electron chi connectivity index (χ2n) is 5.86. The lowest BCUT2D eigenvalue weighted by Crippen LogP contribution is -2.24. The quantitative estimate of drug-likeness (QED) is 0.602. The maximum absolute atomic E-state index is 13.9. The van der Waals surface area contributed by atoms with Crippen LogP contribution in [-0.4, -0.2) is 16.6 Å². The number of nitrogens with zero attached hydrogens (tertiary/aromatic N) is 1. The number of thioether (sulfide) groups is 1. The number of hydrogen-bond acceptors (Lipinski definition) is 4. The van der Waals surface area contributed by atoms with Crippen molar-refractivity contribution in [1.82, 2.24) is 10.3 Å². The summed E-state index contributed by atoms with van der Waals surface area (Å²) >= 11 is 7.49. The van der Waals surface area contributed by atoms with Crippen molar-refractivity contribution < 1.29 is 13.6 Å². The Morgan fingerprint density at radius 2 is 1.96 bits per heavy atom. The van der Waals surface area contributed by atoms with Crippen molar-refractivity contribution in [2.24, 2.45) is 0 Å². The standard InChI is InChI=1S/C20H18ClFN2O2S/c1-13-18(24-20(26-13)15-7-3-5-9-17(15)22)11-27-12-19(25)23-10-14-6-2-4-8-16(14)21/h2-9H,10-12H2,1H3,(H,23,25). The largest absolute Gasteiger partial charge is 0.441 e. The molecule has 27 heavy (non-hydrogen) atoms. The molecule has 4 nitrogen and oxygen atoms in total. The van der Waals surface area contributed by atoms with Crippen LogP contribution in [0.5, 0.6) is 0 Å². The normalized spacial score (nSPS) is 10.8. The van der Waals surface area contributed by atoms with Gasteiger partial charge >= 0.3 is 0 Å². The average molecular weight is 405 g/mol. The minimum absolute atomic E-state index is 0.0876. The van der Waals surface area contributed by atoms with Gasteiger partial charge in [0, 0.05) is 17.3 Å². The van der Waals surface area contributed by atoms with E-state index in [-0.39, 0.29) is 23.4 Å². The highest BCUT2D eigenvalue weighted by atomic mass is 35.5. The van der Waals surface area contributed by atoms with E-state index in [1.807, 2.05) is 18.2 Å². The van der Waals surface area contributed by atoms with Gasteiger partial charge in [0.15, 0.2) is 0 Å². The highest BCUT2D eigenvalue weighted by molar-refractivity contribution is 7.99. The zero-order chi connectivity index (χ0) is 19.2. The van der Waals surface area contributed by atoms with Gasteiger partial charge in [-0.1, -0.05) is 41.9 Å². The summed E-state index contributed by atoms with van der Waals surface area (Å²) in [6.45, 7) is 2.17. The molecule has 0 unspecified atom stereocenters. The molecule has 0 bridgehead atoms. The van der Waals surface area contributed by atoms with Crippen LogP contribution < -0.4 is 5.32 Å². The summed E-state index contributed by atoms with van der Waals surface area (Å²) < 4.78 is 19.4. The molecule has 1 heterocycles. The van der Waals surface area contributed by atoms with Gasteiger partial charge in [0.25, 0.3) is 0 Å². The third-order valence-corrected chi connectivity index (χ3v) is 5.22. The molecule has 0 aliphatic rings. The van der Waals surface area contributed by atoms with E-state index < -0.39 is 0 Å². The Hall–Kier alpha value is -2.31. The maximum Gasteiger partial charge on any atom is 0.230 e. The van der Waals surface area contributed by atoms with Gasteiger partial charge in [0.05, 0.1) is 17.0 Å². The van der Waals surface area contributed by atoms with Crippen molar-refractivity contribution >= 4 is 29.3 Å². The number of aromatic nitrogens is 1. The monoisotopic (exact) mass is 404 g/mol. The van der Waals surface area contributed by atoms with Gasteiger partial charge in [0.1, 0.15) is 11.6 Å². The molecule has 0 saturated heterocycles. The summed E-state index contributed by atoms with van der Waals surface area (Å²) in [5, 5.41) is 3.47. The van der Waals surface area contributed by atoms with E-state index in [1.54, 1.807) is 31.2 Å². The molecular weight excluding hydrogens is 387 g/mol. The minimum atomic E-state index is -0.378. The van der Waals surface area contributed by atoms with Gasteiger partial charge in [-0.3, -0.25) is 4.79 Å². The molecule has 0 fully saturated rings. The first-order valence-electron chi connectivity index (χ1n) is 8.33. The summed E-state index contributed by atoms with van der Waals surface area (Å²) in [6.07, 6.45) is 0. The molecule has 0 radical (unpaired) electrons. The highest BCUT2D eigenvalue weighted by Gasteiger charge is 2.15. The average Bonchev–Trinajstić information content (AvgIpc) is 3.02. The van der Waals surface area contributed by atoms with Crippen LogP contribution in [0.4, 0.5) is 4.39 Å². The van der Waals surface area contributed by atoms with Crippen LogP contribution in [-0.2, 0) is 17.1 Å². The predicted octanol–water partition coefficient (Wildman–Crippen LogP) is 4.99. The van der Waals surface area contributed by atoms with Gasteiger partial charge in [-0.15, -0.1) is 11.8 Å². The molecule has 3 rings (SSSR count). The van der Waals surface area contributed by atoms with E-state index in [2.05, 4.69) is 10.3 Å². The molecule has 1 amide bonds. The van der Waals surface area contributed by atoms with Gasteiger partial charge in [-0.2, -0.15) is 0 Å². The van der Waals surface area contributed by atoms with Gasteiger partial charge in [-0.25, -0.2) is 9.37 Å². The van der Waals surface area contributed by atoms with Crippen LogP contribution >= 0.6 is 23.4 Å². The molecule has 1 aromatic heterocycles. The van der Waals surface area contributed by atoms with E-state index in [1.165, 1.54) is 17.8 Å². The van der Waals surface area contributed by atoms with Crippen molar-refractivity contribution in [2.75, 3.05) is 5.75 Å². The number of benzene rings is 2. The molecule has 0 spiro atoms. The second-order valence-corrected chi connectivity index (χ2v) is 7.26. The van der Waals surface area contributed by atoms with Crippen LogP contribution in [0.15, 0.2) is 52.9 Å². The van der Waals surface area contributed by atoms with E-state index in [0.717, 1.165) is 5.56 Å². The van der Waals surface area contributed by atoms with Crippen molar-refractivity contribution in [3.8, 4) is 11.5 Å². The minimum Gasteiger partial charge on any atom is -0.441 e. The van der Waals surface area contributed by atoms with Gasteiger partial charge in [-0.05, 0) is 30.7 Å². The first-order chi connectivity index (χ1) is 13.0. The van der Waals surface area contributed by atoms with Crippen LogP contribution in [0.2, 0.25) is 5.02 Å². The number of aryl methyl sites for hydroxylation is 1. The van der Waals surface area contributed by atoms with Crippen molar-refractivity contribution in [3.63, 3.8) is 0 Å². The summed E-state index contributed by atoms with van der Waals surface area (Å²) in [6, 6.07) is 13.7. The fourth-order valence-electron chi connectivity index (χ4n) is 2.44. The number of oxazole rings is 1. The SMILES string of the molecule is Cc1oc(-c2ccccc2F)nc1CSCC(=O)NCc1ccccc1Cl. The lowest BCUT2D eigenvalue weighted by Gasteiger charge is -2.06. The predicted molar refractivity (Wildman–Crippen MR) is 106 cm³/mol. The third kappa shape index (κ3) is 5.11. The molecular formula is C20H18ClFN2O2S. The van der Waals surface area contributed by atoms with Crippen molar-refractivity contribution in [1.29, 1.82) is 0 Å². The Morgan fingerprint density at radius 3 is 2.74 bits per heavy atom. The highest BCUT2D eigenvalue weighted by Crippen LogP contribution is 2.26. The summed E-state index contributed by atoms with van der Waals surface area (Å²) in [7, 11) is 0. The Morgan fingerprint density at radius 1 is 1.22 bits per heavy atom. The summed E-state index contributed by atoms with van der Waals surface area (Å²) in [4.78, 5) is 16.4. The summed E-state index contributed by atoms with van der Waals surface area (Å²) in [5.74, 6) is 1.20. The Bertz CT molecular complexity index is 945. The van der Waals surface area contributed by atoms with Crippen LogP contribution in [0.3, 0.4) is 0 Å². The number of carbonyl (C=O) groups is 1. The molecule has 0 aliphatic carbocycles. The molecule has 1 N–H and O–H groups in total. The number of rotatable bonds is 7. The lowest BCUT2D eigenvalue weighted by atomic mass is 10.2. The number of carbonyl (C=O) groups excluding carboxylic acids is 1. The third-order valence-electron chi connectivity index (χ3n) is 3.90. The van der Waals surface area contributed by atoms with Crippen molar-refractivity contribution in [3.05, 3.63) is 76.4 Å². The zero-order valence-electron chi connectivity index (χ0n) is 14.7. The topological polar surface area (TPSA) is 55.1 Å². The number of nitrogens with one attached hydrogen (secondary N) is 1. The Labute approximate surface area is 166 Å². The Kier molecular flexibility index (Phi) is 6.53. The lowest BCUT2D eigenvalue weighted by molar-refractivity contribution is -0.118. The molecule has 140 valence electrons. The molecule has 2 aromatic carbocycles. The number of halogens is 2. The molecule has 0 aliphatic heterocycles. The Balaban J connectivity index is 1.51. The fourth-order valence-corrected chi connectivity index (χ4v) is 3.49. The smallest absolute Gasteiger partial charge is 0.230 e. The zero-order valence-corrected chi connectivity index (χ0v) is 16.2. The second kappa shape index (κ2) is 9.06.